The van der Waals surface area contributed by atoms with Gasteiger partial charge in [-0.25, -0.2) is 0 Å². The van der Waals surface area contributed by atoms with Crippen LogP contribution in [0.1, 0.15) is 20.3 Å². The molecular formula is C17H21N3O3S. The highest BCUT2D eigenvalue weighted by Gasteiger charge is 2.25. The van der Waals surface area contributed by atoms with Gasteiger partial charge in [-0.15, -0.1) is 0 Å². The van der Waals surface area contributed by atoms with Crippen molar-refractivity contribution < 1.29 is 9.53 Å². The molecule has 7 heteroatoms. The number of benzene rings is 1. The number of hydrogen-bond donors (Lipinski definition) is 1. The largest absolute Gasteiger partial charge is 0.372 e. The number of carbonyl (C=O) groups excluding carboxylic acids is 1. The van der Waals surface area contributed by atoms with E-state index in [1.54, 1.807) is 11.0 Å². The van der Waals surface area contributed by atoms with Gasteiger partial charge in [0.05, 0.1) is 23.1 Å². The minimum atomic E-state index is -0.161. The molecule has 1 saturated heterocycles. The Bertz CT molecular complexity index is 863. The number of morpholine rings is 1. The fraction of sp³-hybridized carbons (Fsp3) is 0.471. The van der Waals surface area contributed by atoms with Crippen molar-refractivity contribution in [3.05, 3.63) is 39.4 Å². The third-order valence-corrected chi connectivity index (χ3v) is 4.53. The second-order valence-corrected chi connectivity index (χ2v) is 6.63. The molecule has 6 nitrogen and oxygen atoms in total. The van der Waals surface area contributed by atoms with E-state index in [-0.39, 0.29) is 36.6 Å². The predicted octanol–water partition coefficient (Wildman–Crippen LogP) is 2.08. The van der Waals surface area contributed by atoms with E-state index in [0.717, 1.165) is 0 Å². The van der Waals surface area contributed by atoms with E-state index in [1.807, 2.05) is 32.0 Å². The molecule has 1 N–H and O–H groups in total. The summed E-state index contributed by atoms with van der Waals surface area (Å²) < 4.78 is 7.45. The molecule has 1 aromatic carbocycles. The highest BCUT2D eigenvalue weighted by Crippen LogP contribution is 2.12. The van der Waals surface area contributed by atoms with Crippen molar-refractivity contribution in [3.8, 4) is 0 Å². The zero-order valence-electron chi connectivity index (χ0n) is 13.8. The van der Waals surface area contributed by atoms with Gasteiger partial charge < -0.3 is 14.6 Å². The van der Waals surface area contributed by atoms with Crippen LogP contribution in [0.2, 0.25) is 0 Å². The van der Waals surface area contributed by atoms with Crippen molar-refractivity contribution >= 4 is 29.0 Å². The first-order chi connectivity index (χ1) is 11.5. The lowest BCUT2D eigenvalue weighted by Gasteiger charge is -2.35. The minimum Gasteiger partial charge on any atom is -0.372 e. The third-order valence-electron chi connectivity index (χ3n) is 4.21. The van der Waals surface area contributed by atoms with E-state index in [2.05, 4.69) is 4.98 Å². The maximum absolute atomic E-state index is 12.6. The molecule has 24 heavy (non-hydrogen) atoms. The summed E-state index contributed by atoms with van der Waals surface area (Å²) >= 11 is 5.28. The number of amides is 1. The van der Waals surface area contributed by atoms with Gasteiger partial charge in [0, 0.05) is 26.1 Å². The van der Waals surface area contributed by atoms with Gasteiger partial charge in [0.1, 0.15) is 0 Å². The van der Waals surface area contributed by atoms with Crippen LogP contribution in [0, 0.1) is 4.77 Å². The van der Waals surface area contributed by atoms with Gasteiger partial charge in [-0.05, 0) is 38.2 Å². The predicted molar refractivity (Wildman–Crippen MR) is 94.6 cm³/mol. The summed E-state index contributed by atoms with van der Waals surface area (Å²) in [6.07, 6.45) is 0.308. The molecule has 2 heterocycles. The third kappa shape index (κ3) is 3.42. The van der Waals surface area contributed by atoms with Crippen LogP contribution in [0.5, 0.6) is 0 Å². The quantitative estimate of drug-likeness (QED) is 0.864. The van der Waals surface area contributed by atoms with Crippen LogP contribution in [0.3, 0.4) is 0 Å². The molecule has 1 aliphatic rings. The number of H-pyrrole nitrogens is 1. The van der Waals surface area contributed by atoms with Gasteiger partial charge in [0.2, 0.25) is 5.91 Å². The molecule has 2 unspecified atom stereocenters. The van der Waals surface area contributed by atoms with Crippen LogP contribution < -0.4 is 5.56 Å². The Morgan fingerprint density at radius 2 is 1.96 bits per heavy atom. The van der Waals surface area contributed by atoms with Crippen LogP contribution >= 0.6 is 12.2 Å². The lowest BCUT2D eigenvalue weighted by atomic mass is 10.2. The monoisotopic (exact) mass is 347 g/mol. The molecule has 0 aliphatic carbocycles. The van der Waals surface area contributed by atoms with Crippen LogP contribution in [0.25, 0.3) is 10.9 Å². The van der Waals surface area contributed by atoms with E-state index in [4.69, 9.17) is 17.0 Å². The highest BCUT2D eigenvalue weighted by molar-refractivity contribution is 7.71. The van der Waals surface area contributed by atoms with E-state index in [9.17, 15) is 9.59 Å². The van der Waals surface area contributed by atoms with E-state index < -0.39 is 0 Å². The number of carbonyl (C=O) groups is 1. The normalized spacial score (nSPS) is 21.2. The van der Waals surface area contributed by atoms with E-state index >= 15 is 0 Å². The van der Waals surface area contributed by atoms with Crippen molar-refractivity contribution in [2.45, 2.75) is 39.0 Å². The van der Waals surface area contributed by atoms with Gasteiger partial charge >= 0.3 is 0 Å². The van der Waals surface area contributed by atoms with Crippen LogP contribution in [-0.2, 0) is 16.1 Å². The Labute approximate surface area is 145 Å². The van der Waals surface area contributed by atoms with Gasteiger partial charge in [-0.1, -0.05) is 12.1 Å². The molecule has 1 aromatic heterocycles. The zero-order chi connectivity index (χ0) is 17.3. The Kier molecular flexibility index (Phi) is 4.82. The molecule has 2 atom stereocenters. The van der Waals surface area contributed by atoms with Crippen LogP contribution in [0.4, 0.5) is 0 Å². The molecule has 2 aromatic rings. The molecule has 0 bridgehead atoms. The Morgan fingerprint density at radius 1 is 1.29 bits per heavy atom. The minimum absolute atomic E-state index is 0.0199. The van der Waals surface area contributed by atoms with Crippen LogP contribution in [-0.4, -0.2) is 45.7 Å². The molecule has 0 spiro atoms. The summed E-state index contributed by atoms with van der Waals surface area (Å²) in [5, 5.41) is 0.576. The van der Waals surface area contributed by atoms with E-state index in [1.165, 1.54) is 4.57 Å². The Hall–Kier alpha value is -1.99. The number of rotatable bonds is 3. The molecule has 1 amide bonds. The smallest absolute Gasteiger partial charge is 0.262 e. The zero-order valence-corrected chi connectivity index (χ0v) is 14.6. The molecule has 0 radical (unpaired) electrons. The molecular weight excluding hydrogens is 326 g/mol. The van der Waals surface area contributed by atoms with Crippen molar-refractivity contribution in [1.82, 2.24) is 14.5 Å². The second-order valence-electron chi connectivity index (χ2n) is 6.24. The number of nitrogens with zero attached hydrogens (tertiary/aromatic N) is 2. The molecule has 0 saturated carbocycles. The van der Waals surface area contributed by atoms with Crippen LogP contribution in [0.15, 0.2) is 29.1 Å². The maximum Gasteiger partial charge on any atom is 0.262 e. The van der Waals surface area contributed by atoms with Gasteiger partial charge in [-0.3, -0.25) is 14.2 Å². The fourth-order valence-electron chi connectivity index (χ4n) is 3.15. The summed E-state index contributed by atoms with van der Waals surface area (Å²) in [4.78, 5) is 29.9. The number of aromatic nitrogens is 2. The molecule has 3 rings (SSSR count). The summed E-state index contributed by atoms with van der Waals surface area (Å²) in [6, 6.07) is 7.24. The number of hydrogen-bond acceptors (Lipinski definition) is 4. The average Bonchev–Trinajstić information content (AvgIpc) is 2.53. The number of ether oxygens (including phenoxy) is 1. The van der Waals surface area contributed by atoms with Gasteiger partial charge in [-0.2, -0.15) is 0 Å². The highest BCUT2D eigenvalue weighted by atomic mass is 32.1. The lowest BCUT2D eigenvalue weighted by Crippen LogP contribution is -2.48. The molecule has 1 aliphatic heterocycles. The lowest BCUT2D eigenvalue weighted by molar-refractivity contribution is -0.143. The number of para-hydroxylation sites is 1. The number of fused-ring (bicyclic) bond motifs is 1. The molecule has 1 fully saturated rings. The molecule has 128 valence electrons. The second kappa shape index (κ2) is 6.86. The average molecular weight is 347 g/mol. The van der Waals surface area contributed by atoms with Crippen molar-refractivity contribution in [2.75, 3.05) is 13.1 Å². The summed E-state index contributed by atoms with van der Waals surface area (Å²) in [6.45, 7) is 5.36. The SMILES string of the molecule is CC1CN(C(=O)CCn2c(=S)[nH]c3ccccc3c2=O)CC(C)O1. The topological polar surface area (TPSA) is 67.3 Å². The first-order valence-corrected chi connectivity index (χ1v) is 8.51. The van der Waals surface area contributed by atoms with Crippen molar-refractivity contribution in [2.24, 2.45) is 0 Å². The van der Waals surface area contributed by atoms with E-state index in [0.29, 0.717) is 28.8 Å². The standard InChI is InChI=1S/C17H21N3O3S/c1-11-9-19(10-12(2)23-11)15(21)7-8-20-16(22)13-5-3-4-6-14(13)18-17(20)24/h3-6,11-12H,7-10H2,1-2H3,(H,18,24). The Morgan fingerprint density at radius 3 is 2.67 bits per heavy atom. The summed E-state index contributed by atoms with van der Waals surface area (Å²) in [5.41, 5.74) is 0.553. The van der Waals surface area contributed by atoms with Gasteiger partial charge in [0.25, 0.3) is 5.56 Å². The van der Waals surface area contributed by atoms with Crippen molar-refractivity contribution in [1.29, 1.82) is 0 Å². The van der Waals surface area contributed by atoms with Crippen molar-refractivity contribution in [3.63, 3.8) is 0 Å². The fourth-order valence-corrected chi connectivity index (χ4v) is 3.43. The summed E-state index contributed by atoms with van der Waals surface area (Å²) in [7, 11) is 0. The summed E-state index contributed by atoms with van der Waals surface area (Å²) in [5.74, 6) is 0.0199. The Balaban J connectivity index is 1.77. The maximum atomic E-state index is 12.6. The first kappa shape index (κ1) is 16.9. The number of aromatic amines is 1. The first-order valence-electron chi connectivity index (χ1n) is 8.11. The number of nitrogens with one attached hydrogen (secondary N) is 1. The van der Waals surface area contributed by atoms with Gasteiger partial charge in [0.15, 0.2) is 4.77 Å².